The van der Waals surface area contributed by atoms with Crippen LogP contribution in [0.2, 0.25) is 0 Å². The lowest BCUT2D eigenvalue weighted by atomic mass is 10.0. The molecule has 0 saturated carbocycles. The predicted molar refractivity (Wildman–Crippen MR) is 76.4 cm³/mol. The Morgan fingerprint density at radius 2 is 2.24 bits per heavy atom. The van der Waals surface area contributed by atoms with E-state index in [1.807, 2.05) is 6.92 Å². The largest absolute Gasteiger partial charge is 0.484 e. The van der Waals surface area contributed by atoms with Gasteiger partial charge in [-0.05, 0) is 37.6 Å². The second-order valence-corrected chi connectivity index (χ2v) is 5.21. The zero-order valence-corrected chi connectivity index (χ0v) is 11.8. The molecular weight excluding hydrogens is 274 g/mol. The van der Waals surface area contributed by atoms with E-state index < -0.39 is 0 Å². The monoisotopic (exact) mass is 293 g/mol. The highest BCUT2D eigenvalue weighted by molar-refractivity contribution is 5.97. The molecule has 1 aromatic carbocycles. The van der Waals surface area contributed by atoms with E-state index in [4.69, 9.17) is 20.4 Å². The minimum absolute atomic E-state index is 0.0217. The number of amidine groups is 1. The number of ether oxygens (including phenoxy) is 2. The van der Waals surface area contributed by atoms with Crippen LogP contribution in [0.3, 0.4) is 0 Å². The highest BCUT2D eigenvalue weighted by Crippen LogP contribution is 2.17. The predicted octanol–water partition coefficient (Wildman–Crippen LogP) is 0.455. The summed E-state index contributed by atoms with van der Waals surface area (Å²) < 4.78 is 10.7. The fourth-order valence-electron chi connectivity index (χ4n) is 2.07. The summed E-state index contributed by atoms with van der Waals surface area (Å²) in [5.41, 5.74) is 5.72. The molecule has 7 nitrogen and oxygen atoms in total. The number of nitrogens with one attached hydrogen (secondary N) is 1. The third-order valence-electron chi connectivity index (χ3n) is 3.29. The molecule has 21 heavy (non-hydrogen) atoms. The maximum Gasteiger partial charge on any atom is 0.258 e. The van der Waals surface area contributed by atoms with Crippen molar-refractivity contribution in [3.8, 4) is 5.75 Å². The molecule has 7 heteroatoms. The van der Waals surface area contributed by atoms with Gasteiger partial charge in [0.05, 0.1) is 12.1 Å². The van der Waals surface area contributed by atoms with Gasteiger partial charge in [0.25, 0.3) is 5.91 Å². The Morgan fingerprint density at radius 1 is 1.52 bits per heavy atom. The molecule has 0 bridgehead atoms. The van der Waals surface area contributed by atoms with Gasteiger partial charge in [0.15, 0.2) is 12.4 Å². The lowest BCUT2D eigenvalue weighted by molar-refractivity contribution is -0.124. The van der Waals surface area contributed by atoms with Gasteiger partial charge >= 0.3 is 0 Å². The van der Waals surface area contributed by atoms with Gasteiger partial charge in [0.1, 0.15) is 5.75 Å². The first-order valence-electron chi connectivity index (χ1n) is 6.62. The number of hydrogen-bond acceptors (Lipinski definition) is 5. The number of oxime groups is 1. The van der Waals surface area contributed by atoms with E-state index in [-0.39, 0.29) is 23.9 Å². The van der Waals surface area contributed by atoms with E-state index in [1.165, 1.54) is 0 Å². The van der Waals surface area contributed by atoms with E-state index >= 15 is 0 Å². The number of benzene rings is 1. The van der Waals surface area contributed by atoms with Crippen LogP contribution in [0.1, 0.15) is 18.9 Å². The number of nitrogens with two attached hydrogens (primary N) is 1. The van der Waals surface area contributed by atoms with Crippen molar-refractivity contribution in [1.29, 1.82) is 0 Å². The van der Waals surface area contributed by atoms with Gasteiger partial charge < -0.3 is 25.7 Å². The number of amides is 1. The fraction of sp³-hybridized carbons (Fsp3) is 0.429. The quantitative estimate of drug-likeness (QED) is 0.316. The van der Waals surface area contributed by atoms with E-state index in [2.05, 4.69) is 10.5 Å². The van der Waals surface area contributed by atoms with Gasteiger partial charge in [-0.25, -0.2) is 0 Å². The van der Waals surface area contributed by atoms with Crippen LogP contribution < -0.4 is 15.8 Å². The number of carbonyl (C=O) groups excluding carboxylic acids is 1. The zero-order valence-electron chi connectivity index (χ0n) is 11.8. The summed E-state index contributed by atoms with van der Waals surface area (Å²) in [5, 5.41) is 14.4. The van der Waals surface area contributed by atoms with Crippen LogP contribution in [0.4, 0.5) is 0 Å². The molecule has 1 aliphatic rings. The third-order valence-corrected chi connectivity index (χ3v) is 3.29. The summed E-state index contributed by atoms with van der Waals surface area (Å²) in [6.07, 6.45) is 0.799. The first-order chi connectivity index (χ1) is 10.0. The number of carbonyl (C=O) groups is 1. The molecule has 1 aromatic rings. The molecule has 1 atom stereocenters. The molecule has 0 aromatic heterocycles. The lowest BCUT2D eigenvalue weighted by Gasteiger charge is -2.23. The molecule has 0 radical (unpaired) electrons. The summed E-state index contributed by atoms with van der Waals surface area (Å²) >= 11 is 0. The Bertz CT molecular complexity index is 522. The smallest absolute Gasteiger partial charge is 0.258 e. The van der Waals surface area contributed by atoms with Crippen molar-refractivity contribution < 1.29 is 19.5 Å². The topological polar surface area (TPSA) is 106 Å². The zero-order chi connectivity index (χ0) is 15.3. The van der Waals surface area contributed by atoms with Crippen LogP contribution in [-0.4, -0.2) is 42.3 Å². The van der Waals surface area contributed by atoms with Crippen molar-refractivity contribution in [3.63, 3.8) is 0 Å². The molecule has 4 N–H and O–H groups in total. The molecule has 1 aliphatic heterocycles. The van der Waals surface area contributed by atoms with Crippen molar-refractivity contribution in [3.05, 3.63) is 29.8 Å². The molecule has 1 unspecified atom stereocenters. The van der Waals surface area contributed by atoms with E-state index in [0.29, 0.717) is 24.5 Å². The first-order valence-corrected chi connectivity index (χ1v) is 6.62. The molecule has 0 aliphatic carbocycles. The second kappa shape index (κ2) is 6.45. The van der Waals surface area contributed by atoms with E-state index in [0.717, 1.165) is 6.42 Å². The van der Waals surface area contributed by atoms with Gasteiger partial charge in [-0.1, -0.05) is 5.16 Å². The Labute approximate surface area is 122 Å². The van der Waals surface area contributed by atoms with Gasteiger partial charge in [-0.15, -0.1) is 0 Å². The minimum atomic E-state index is -0.309. The number of rotatable bonds is 5. The van der Waals surface area contributed by atoms with Crippen LogP contribution in [0.25, 0.3) is 0 Å². The van der Waals surface area contributed by atoms with Gasteiger partial charge in [0.2, 0.25) is 0 Å². The Hall–Kier alpha value is -2.28. The molecule has 1 saturated heterocycles. The second-order valence-electron chi connectivity index (χ2n) is 5.21. The van der Waals surface area contributed by atoms with Gasteiger partial charge in [-0.3, -0.25) is 4.79 Å². The summed E-state index contributed by atoms with van der Waals surface area (Å²) in [6.45, 7) is 3.06. The van der Waals surface area contributed by atoms with Crippen molar-refractivity contribution in [1.82, 2.24) is 5.32 Å². The Balaban J connectivity index is 1.84. The highest BCUT2D eigenvalue weighted by Gasteiger charge is 2.31. The third kappa shape index (κ3) is 4.09. The maximum atomic E-state index is 11.8. The first kappa shape index (κ1) is 15.1. The van der Waals surface area contributed by atoms with Crippen LogP contribution >= 0.6 is 0 Å². The summed E-state index contributed by atoms with van der Waals surface area (Å²) in [4.78, 5) is 11.8. The maximum absolute atomic E-state index is 11.8. The average Bonchev–Trinajstić information content (AvgIpc) is 2.91. The molecule has 2 rings (SSSR count). The number of nitrogens with zero attached hydrogens (tertiary/aromatic N) is 1. The summed E-state index contributed by atoms with van der Waals surface area (Å²) in [5.74, 6) is 0.365. The molecule has 114 valence electrons. The standard InChI is InChI=1S/C14H19N3O4/c1-14(6-7-20-9-14)16-12(18)8-21-11-4-2-10(3-5-11)13(15)17-19/h2-5,19H,6-9H2,1H3,(H2,15,17)(H,16,18). The summed E-state index contributed by atoms with van der Waals surface area (Å²) in [6, 6.07) is 6.60. The summed E-state index contributed by atoms with van der Waals surface area (Å²) in [7, 11) is 0. The molecule has 1 fully saturated rings. The van der Waals surface area contributed by atoms with Crippen LogP contribution in [-0.2, 0) is 9.53 Å². The fourth-order valence-corrected chi connectivity index (χ4v) is 2.07. The molecule has 0 spiro atoms. The van der Waals surface area contributed by atoms with Crippen LogP contribution in [0.15, 0.2) is 29.4 Å². The highest BCUT2D eigenvalue weighted by atomic mass is 16.5. The van der Waals surface area contributed by atoms with Crippen molar-refractivity contribution in [2.24, 2.45) is 10.9 Å². The molecule has 1 heterocycles. The van der Waals surface area contributed by atoms with Crippen molar-refractivity contribution in [2.45, 2.75) is 18.9 Å². The Morgan fingerprint density at radius 3 is 2.81 bits per heavy atom. The van der Waals surface area contributed by atoms with Crippen LogP contribution in [0, 0.1) is 0 Å². The van der Waals surface area contributed by atoms with Crippen molar-refractivity contribution >= 4 is 11.7 Å². The number of hydrogen-bond donors (Lipinski definition) is 3. The average molecular weight is 293 g/mol. The minimum Gasteiger partial charge on any atom is -0.484 e. The van der Waals surface area contributed by atoms with E-state index in [1.54, 1.807) is 24.3 Å². The van der Waals surface area contributed by atoms with Crippen molar-refractivity contribution in [2.75, 3.05) is 19.8 Å². The van der Waals surface area contributed by atoms with Gasteiger partial charge in [-0.2, -0.15) is 0 Å². The molecule has 1 amide bonds. The lowest BCUT2D eigenvalue weighted by Crippen LogP contribution is -2.48. The van der Waals surface area contributed by atoms with E-state index in [9.17, 15) is 4.79 Å². The normalized spacial score (nSPS) is 22.0. The van der Waals surface area contributed by atoms with Crippen LogP contribution in [0.5, 0.6) is 5.75 Å². The molecular formula is C14H19N3O4. The Kier molecular flexibility index (Phi) is 4.64. The SMILES string of the molecule is CC1(NC(=O)COc2ccc(/C(N)=N/O)cc2)CCOC1. The van der Waals surface area contributed by atoms with Gasteiger partial charge in [0, 0.05) is 12.2 Å².